The molecule has 4 nitrogen and oxygen atoms in total. The Hall–Kier alpha value is -0.260. The molecule has 0 bridgehead atoms. The van der Waals surface area contributed by atoms with E-state index in [9.17, 15) is 4.79 Å². The van der Waals surface area contributed by atoms with Crippen LogP contribution in [-0.2, 0) is 9.53 Å². The van der Waals surface area contributed by atoms with Crippen molar-refractivity contribution in [2.75, 3.05) is 19.0 Å². The number of ether oxygens (including phenoxy) is 1. The highest BCUT2D eigenvalue weighted by Crippen LogP contribution is 2.27. The molecule has 0 aliphatic carbocycles. The summed E-state index contributed by atoms with van der Waals surface area (Å²) in [5, 5.41) is 0.560. The third kappa shape index (κ3) is 2.86. The van der Waals surface area contributed by atoms with Crippen LogP contribution in [-0.4, -0.2) is 30.1 Å². The van der Waals surface area contributed by atoms with Crippen molar-refractivity contribution in [3.63, 3.8) is 0 Å². The van der Waals surface area contributed by atoms with Crippen molar-refractivity contribution >= 4 is 17.7 Å². The molecule has 1 amide bonds. The molecule has 0 spiro atoms. The number of rotatable bonds is 4. The first-order valence-corrected chi connectivity index (χ1v) is 5.31. The average molecular weight is 204 g/mol. The van der Waals surface area contributed by atoms with E-state index < -0.39 is 5.41 Å². The second kappa shape index (κ2) is 4.30. The van der Waals surface area contributed by atoms with Gasteiger partial charge in [-0.15, -0.1) is 0 Å². The van der Waals surface area contributed by atoms with Crippen LogP contribution in [0.4, 0.5) is 0 Å². The number of nitrogens with two attached hydrogens (primary N) is 1. The summed E-state index contributed by atoms with van der Waals surface area (Å²) in [5.74, 6) is 5.75. The topological polar surface area (TPSA) is 64.3 Å². The minimum absolute atomic E-state index is 0.111. The zero-order valence-electron chi connectivity index (χ0n) is 8.00. The molecule has 0 aromatic rings. The van der Waals surface area contributed by atoms with Crippen molar-refractivity contribution in [2.45, 2.75) is 19.1 Å². The summed E-state index contributed by atoms with van der Waals surface area (Å²) in [6, 6.07) is 0. The van der Waals surface area contributed by atoms with Crippen LogP contribution in [0.3, 0.4) is 0 Å². The van der Waals surface area contributed by atoms with Gasteiger partial charge < -0.3 is 4.74 Å². The van der Waals surface area contributed by atoms with Gasteiger partial charge in [-0.2, -0.15) is 11.8 Å². The van der Waals surface area contributed by atoms with E-state index in [-0.39, 0.29) is 5.91 Å². The number of hydrogen-bond donors (Lipinski definition) is 2. The van der Waals surface area contributed by atoms with Crippen LogP contribution < -0.4 is 11.3 Å². The van der Waals surface area contributed by atoms with Gasteiger partial charge in [-0.1, -0.05) is 13.8 Å². The van der Waals surface area contributed by atoms with Crippen molar-refractivity contribution < 1.29 is 9.53 Å². The zero-order valence-corrected chi connectivity index (χ0v) is 8.82. The Morgan fingerprint density at radius 3 is 2.69 bits per heavy atom. The zero-order chi connectivity index (χ0) is 9.90. The molecule has 1 rings (SSSR count). The van der Waals surface area contributed by atoms with Gasteiger partial charge in [0.25, 0.3) is 0 Å². The summed E-state index contributed by atoms with van der Waals surface area (Å²) in [6.45, 7) is 5.40. The molecule has 0 aromatic heterocycles. The molecule has 0 radical (unpaired) electrons. The van der Waals surface area contributed by atoms with Gasteiger partial charge >= 0.3 is 0 Å². The maximum Gasteiger partial charge on any atom is 0.240 e. The summed E-state index contributed by atoms with van der Waals surface area (Å²) >= 11 is 1.77. The van der Waals surface area contributed by atoms with Crippen LogP contribution in [0.2, 0.25) is 0 Å². The van der Waals surface area contributed by atoms with Crippen LogP contribution in [0.15, 0.2) is 0 Å². The molecular formula is C8H16N2O2S. The van der Waals surface area contributed by atoms with E-state index in [0.717, 1.165) is 19.0 Å². The Balaban J connectivity index is 2.27. The Morgan fingerprint density at radius 1 is 1.69 bits per heavy atom. The second-order valence-electron chi connectivity index (χ2n) is 3.83. The molecule has 1 fully saturated rings. The number of hydrogen-bond acceptors (Lipinski definition) is 4. The van der Waals surface area contributed by atoms with Crippen molar-refractivity contribution in [1.82, 2.24) is 5.43 Å². The number of nitrogens with one attached hydrogen (secondary N) is 1. The van der Waals surface area contributed by atoms with Gasteiger partial charge in [0.15, 0.2) is 0 Å². The number of hydrazine groups is 1. The number of amides is 1. The van der Waals surface area contributed by atoms with Gasteiger partial charge in [0.2, 0.25) is 5.91 Å². The fourth-order valence-corrected chi connectivity index (χ4v) is 2.07. The highest BCUT2D eigenvalue weighted by molar-refractivity contribution is 8.00. The van der Waals surface area contributed by atoms with Gasteiger partial charge in [0.05, 0.1) is 23.9 Å². The Bertz CT molecular complexity index is 193. The maximum absolute atomic E-state index is 11.3. The van der Waals surface area contributed by atoms with E-state index in [1.165, 1.54) is 0 Å². The standard InChI is InChI=1S/C8H16N2O2S/c1-8(2,7(11)10-9)5-13-6-3-12-4-6/h6H,3-5,9H2,1-2H3,(H,10,11). The molecule has 1 heterocycles. The molecule has 76 valence electrons. The van der Waals surface area contributed by atoms with Crippen molar-refractivity contribution in [3.8, 4) is 0 Å². The average Bonchev–Trinajstić information content (AvgIpc) is 1.99. The van der Waals surface area contributed by atoms with E-state index in [4.69, 9.17) is 10.6 Å². The third-order valence-corrected chi connectivity index (χ3v) is 3.67. The molecule has 5 heteroatoms. The largest absolute Gasteiger partial charge is 0.379 e. The van der Waals surface area contributed by atoms with Crippen LogP contribution >= 0.6 is 11.8 Å². The van der Waals surface area contributed by atoms with E-state index in [0.29, 0.717) is 5.25 Å². The molecule has 0 aromatic carbocycles. The summed E-state index contributed by atoms with van der Waals surface area (Å²) in [6.07, 6.45) is 0. The molecule has 0 saturated carbocycles. The quantitative estimate of drug-likeness (QED) is 0.388. The lowest BCUT2D eigenvalue weighted by atomic mass is 9.96. The van der Waals surface area contributed by atoms with E-state index in [2.05, 4.69) is 5.43 Å². The highest BCUT2D eigenvalue weighted by atomic mass is 32.2. The first-order chi connectivity index (χ1) is 6.06. The summed E-state index contributed by atoms with van der Waals surface area (Å²) in [4.78, 5) is 11.3. The number of carbonyl (C=O) groups is 1. The second-order valence-corrected chi connectivity index (χ2v) is 5.12. The SMILES string of the molecule is CC(C)(CSC1COC1)C(=O)NN. The van der Waals surface area contributed by atoms with E-state index >= 15 is 0 Å². The van der Waals surface area contributed by atoms with Gasteiger partial charge in [0.1, 0.15) is 0 Å². The fraction of sp³-hybridized carbons (Fsp3) is 0.875. The van der Waals surface area contributed by atoms with Gasteiger partial charge in [-0.25, -0.2) is 5.84 Å². The molecule has 13 heavy (non-hydrogen) atoms. The summed E-state index contributed by atoms with van der Waals surface area (Å²) in [5.41, 5.74) is 1.79. The van der Waals surface area contributed by atoms with Crippen LogP contribution in [0, 0.1) is 5.41 Å². The van der Waals surface area contributed by atoms with Crippen molar-refractivity contribution in [2.24, 2.45) is 11.3 Å². The normalized spacial score (nSPS) is 18.1. The van der Waals surface area contributed by atoms with Gasteiger partial charge in [-0.05, 0) is 0 Å². The Labute approximate surface area is 82.5 Å². The molecular weight excluding hydrogens is 188 g/mol. The van der Waals surface area contributed by atoms with Gasteiger partial charge in [0, 0.05) is 5.75 Å². The summed E-state index contributed by atoms with van der Waals surface area (Å²) in [7, 11) is 0. The first-order valence-electron chi connectivity index (χ1n) is 4.26. The van der Waals surface area contributed by atoms with Crippen LogP contribution in [0.25, 0.3) is 0 Å². The van der Waals surface area contributed by atoms with Gasteiger partial charge in [-0.3, -0.25) is 10.2 Å². The monoisotopic (exact) mass is 204 g/mol. The van der Waals surface area contributed by atoms with E-state index in [1.54, 1.807) is 11.8 Å². The number of thioether (sulfide) groups is 1. The molecule has 1 aliphatic heterocycles. The Kier molecular flexibility index (Phi) is 3.58. The van der Waals surface area contributed by atoms with Crippen LogP contribution in [0.5, 0.6) is 0 Å². The third-order valence-electron chi connectivity index (χ3n) is 2.03. The lowest BCUT2D eigenvalue weighted by molar-refractivity contribution is -0.128. The maximum atomic E-state index is 11.3. The molecule has 0 atom stereocenters. The molecule has 0 unspecified atom stereocenters. The highest BCUT2D eigenvalue weighted by Gasteiger charge is 2.29. The molecule has 1 saturated heterocycles. The van der Waals surface area contributed by atoms with Crippen molar-refractivity contribution in [3.05, 3.63) is 0 Å². The minimum atomic E-state index is -0.394. The molecule has 3 N–H and O–H groups in total. The first kappa shape index (κ1) is 10.8. The lowest BCUT2D eigenvalue weighted by Crippen LogP contribution is -2.43. The fourth-order valence-electron chi connectivity index (χ4n) is 0.897. The van der Waals surface area contributed by atoms with Crippen LogP contribution in [0.1, 0.15) is 13.8 Å². The summed E-state index contributed by atoms with van der Waals surface area (Å²) < 4.78 is 5.04. The van der Waals surface area contributed by atoms with E-state index in [1.807, 2.05) is 13.8 Å². The lowest BCUT2D eigenvalue weighted by Gasteiger charge is -2.29. The number of carbonyl (C=O) groups excluding carboxylic acids is 1. The predicted octanol–water partition coefficient (Wildman–Crippen LogP) is 0.135. The predicted molar refractivity (Wildman–Crippen MR) is 53.2 cm³/mol. The minimum Gasteiger partial charge on any atom is -0.379 e. The molecule has 1 aliphatic rings. The van der Waals surface area contributed by atoms with Crippen molar-refractivity contribution in [1.29, 1.82) is 0 Å². The Morgan fingerprint density at radius 2 is 2.31 bits per heavy atom. The smallest absolute Gasteiger partial charge is 0.240 e.